The van der Waals surface area contributed by atoms with Crippen LogP contribution >= 0.6 is 0 Å². The number of carbonyl (C=O) groups excluding carboxylic acids is 2. The molecule has 0 fully saturated rings. The molecule has 2 atom stereocenters. The Labute approximate surface area is 138 Å². The van der Waals surface area contributed by atoms with Gasteiger partial charge in [0.2, 0.25) is 23.1 Å². The van der Waals surface area contributed by atoms with Crippen molar-refractivity contribution in [3.63, 3.8) is 0 Å². The van der Waals surface area contributed by atoms with E-state index in [0.717, 1.165) is 12.8 Å². The highest BCUT2D eigenvalue weighted by molar-refractivity contribution is 6.13. The Bertz CT molecular complexity index is 605. The number of fused-ring (bicyclic) bond motifs is 1. The van der Waals surface area contributed by atoms with Crippen LogP contribution in [0, 0.1) is 11.3 Å². The first-order valence-corrected chi connectivity index (χ1v) is 8.07. The molecule has 0 aromatic carbocycles. The Morgan fingerprint density at radius 2 is 1.91 bits per heavy atom. The minimum atomic E-state index is -0.723. The van der Waals surface area contributed by atoms with Crippen LogP contribution in [0.3, 0.4) is 0 Å². The summed E-state index contributed by atoms with van der Waals surface area (Å²) in [5, 5.41) is 0. The molecule has 1 unspecified atom stereocenters. The number of allylic oxidation sites excluding steroid dienone is 6. The topological polar surface area (TPSA) is 52.6 Å². The van der Waals surface area contributed by atoms with Crippen molar-refractivity contribution in [2.75, 3.05) is 14.2 Å². The summed E-state index contributed by atoms with van der Waals surface area (Å²) in [5.74, 6) is -0.445. The molecule has 4 heteroatoms. The van der Waals surface area contributed by atoms with Crippen molar-refractivity contribution < 1.29 is 19.1 Å². The van der Waals surface area contributed by atoms with E-state index in [1.54, 1.807) is 0 Å². The largest absolute Gasteiger partial charge is 0.490 e. The quantitative estimate of drug-likeness (QED) is 0.725. The summed E-state index contributed by atoms with van der Waals surface area (Å²) in [6, 6.07) is 0. The fourth-order valence-corrected chi connectivity index (χ4v) is 3.59. The first-order valence-electron chi connectivity index (χ1n) is 8.07. The first kappa shape index (κ1) is 17.5. The lowest BCUT2D eigenvalue weighted by Crippen LogP contribution is -2.48. The van der Waals surface area contributed by atoms with Gasteiger partial charge in [0.15, 0.2) is 0 Å². The minimum Gasteiger partial charge on any atom is -0.490 e. The van der Waals surface area contributed by atoms with E-state index in [1.165, 1.54) is 25.4 Å². The fraction of sp³-hybridized carbons (Fsp3) is 0.579. The highest BCUT2D eigenvalue weighted by Gasteiger charge is 2.54. The Balaban J connectivity index is 2.28. The molecule has 2 rings (SSSR count). The van der Waals surface area contributed by atoms with E-state index in [0.29, 0.717) is 12.8 Å². The van der Waals surface area contributed by atoms with Crippen LogP contribution in [0.4, 0.5) is 0 Å². The Hall–Kier alpha value is -1.84. The van der Waals surface area contributed by atoms with Crippen molar-refractivity contribution >= 4 is 11.6 Å². The van der Waals surface area contributed by atoms with Crippen molar-refractivity contribution in [3.05, 3.63) is 34.8 Å². The van der Waals surface area contributed by atoms with Gasteiger partial charge in [0.05, 0.1) is 14.2 Å². The average molecular weight is 318 g/mol. The smallest absolute Gasteiger partial charge is 0.208 e. The van der Waals surface area contributed by atoms with Crippen molar-refractivity contribution in [3.8, 4) is 0 Å². The maximum atomic E-state index is 12.9. The molecule has 0 aliphatic heterocycles. The molecule has 0 heterocycles. The van der Waals surface area contributed by atoms with Gasteiger partial charge in [-0.05, 0) is 39.5 Å². The van der Waals surface area contributed by atoms with Gasteiger partial charge in [0.25, 0.3) is 0 Å². The fourth-order valence-electron chi connectivity index (χ4n) is 3.59. The van der Waals surface area contributed by atoms with Gasteiger partial charge < -0.3 is 9.47 Å². The summed E-state index contributed by atoms with van der Waals surface area (Å²) in [7, 11) is 2.82. The van der Waals surface area contributed by atoms with Crippen LogP contribution in [0.1, 0.15) is 46.5 Å². The maximum absolute atomic E-state index is 12.9. The van der Waals surface area contributed by atoms with Crippen LogP contribution < -0.4 is 0 Å². The molecule has 0 N–H and O–H groups in total. The number of ketones is 2. The lowest BCUT2D eigenvalue weighted by molar-refractivity contribution is -0.142. The summed E-state index contributed by atoms with van der Waals surface area (Å²) in [6.07, 6.45) is 7.43. The van der Waals surface area contributed by atoms with E-state index < -0.39 is 5.41 Å². The van der Waals surface area contributed by atoms with Gasteiger partial charge in [-0.1, -0.05) is 30.2 Å². The second kappa shape index (κ2) is 6.73. The molecule has 2 aliphatic carbocycles. The molecular formula is C19H26O4. The molecule has 0 radical (unpaired) electrons. The predicted molar refractivity (Wildman–Crippen MR) is 88.6 cm³/mol. The van der Waals surface area contributed by atoms with Crippen LogP contribution in [0.2, 0.25) is 0 Å². The van der Waals surface area contributed by atoms with Crippen molar-refractivity contribution in [2.45, 2.75) is 46.5 Å². The zero-order valence-corrected chi connectivity index (χ0v) is 14.7. The van der Waals surface area contributed by atoms with E-state index in [2.05, 4.69) is 26.0 Å². The summed E-state index contributed by atoms with van der Waals surface area (Å²) in [4.78, 5) is 25.6. The second-order valence-corrected chi connectivity index (χ2v) is 6.82. The predicted octanol–water partition coefficient (Wildman–Crippen LogP) is 3.73. The second-order valence-electron chi connectivity index (χ2n) is 6.82. The number of rotatable bonds is 5. The minimum absolute atomic E-state index is 0.0707. The van der Waals surface area contributed by atoms with Crippen LogP contribution in [0.5, 0.6) is 0 Å². The summed E-state index contributed by atoms with van der Waals surface area (Å²) in [6.45, 7) is 6.05. The zero-order chi connectivity index (χ0) is 17.2. The third-order valence-corrected chi connectivity index (χ3v) is 4.90. The van der Waals surface area contributed by atoms with Crippen LogP contribution in [0.25, 0.3) is 0 Å². The van der Waals surface area contributed by atoms with Crippen LogP contribution in [0.15, 0.2) is 34.8 Å². The van der Waals surface area contributed by atoms with Crippen molar-refractivity contribution in [2.24, 2.45) is 11.3 Å². The van der Waals surface area contributed by atoms with Crippen molar-refractivity contribution in [1.29, 1.82) is 0 Å². The SMILES string of the molecule is COC1=C(OC)C(=O)[C@]2(C)CC(CCC=C(C)C)=CCC2C1=O. The van der Waals surface area contributed by atoms with Gasteiger partial charge in [-0.25, -0.2) is 0 Å². The maximum Gasteiger partial charge on any atom is 0.208 e. The molecule has 0 spiro atoms. The molecule has 126 valence electrons. The van der Waals surface area contributed by atoms with E-state index in [1.807, 2.05) is 6.92 Å². The van der Waals surface area contributed by atoms with E-state index in [4.69, 9.17) is 9.47 Å². The Morgan fingerprint density at radius 3 is 2.48 bits per heavy atom. The molecule has 0 aromatic rings. The van der Waals surface area contributed by atoms with E-state index in [-0.39, 0.29) is 29.0 Å². The van der Waals surface area contributed by atoms with Gasteiger partial charge in [0, 0.05) is 11.3 Å². The highest BCUT2D eigenvalue weighted by atomic mass is 16.5. The highest BCUT2D eigenvalue weighted by Crippen LogP contribution is 2.48. The monoisotopic (exact) mass is 318 g/mol. The lowest BCUT2D eigenvalue weighted by atomic mass is 9.60. The number of carbonyl (C=O) groups is 2. The number of ether oxygens (including phenoxy) is 2. The molecule has 2 aliphatic rings. The van der Waals surface area contributed by atoms with Gasteiger partial charge in [-0.2, -0.15) is 0 Å². The van der Waals surface area contributed by atoms with Crippen LogP contribution in [-0.2, 0) is 19.1 Å². The standard InChI is InChI=1S/C19H26O4/c1-12(2)7-6-8-13-9-10-14-15(20)16(22-4)17(23-5)18(21)19(14,3)11-13/h7,9,14H,6,8,10-11H2,1-5H3/t14?,19-/m1/s1. The normalized spacial score (nSPS) is 27.3. The Morgan fingerprint density at radius 1 is 1.26 bits per heavy atom. The van der Waals surface area contributed by atoms with Gasteiger partial charge in [-0.15, -0.1) is 0 Å². The third kappa shape index (κ3) is 3.12. The summed E-state index contributed by atoms with van der Waals surface area (Å²) in [5.41, 5.74) is 1.82. The lowest BCUT2D eigenvalue weighted by Gasteiger charge is -2.42. The molecule has 23 heavy (non-hydrogen) atoms. The number of methoxy groups -OCH3 is 2. The molecule has 0 saturated carbocycles. The van der Waals surface area contributed by atoms with Gasteiger partial charge >= 0.3 is 0 Å². The molecule has 4 nitrogen and oxygen atoms in total. The summed E-state index contributed by atoms with van der Waals surface area (Å²) < 4.78 is 10.3. The van der Waals surface area contributed by atoms with E-state index in [9.17, 15) is 9.59 Å². The van der Waals surface area contributed by atoms with Gasteiger partial charge in [-0.3, -0.25) is 9.59 Å². The molecule has 0 aromatic heterocycles. The zero-order valence-electron chi connectivity index (χ0n) is 14.7. The van der Waals surface area contributed by atoms with Crippen molar-refractivity contribution in [1.82, 2.24) is 0 Å². The molecule has 0 amide bonds. The van der Waals surface area contributed by atoms with E-state index >= 15 is 0 Å². The number of hydrogen-bond donors (Lipinski definition) is 0. The number of Topliss-reactive ketones (excluding diaryl/α,β-unsaturated/α-hetero) is 2. The van der Waals surface area contributed by atoms with Crippen LogP contribution in [-0.4, -0.2) is 25.8 Å². The first-order chi connectivity index (χ1) is 10.8. The van der Waals surface area contributed by atoms with Gasteiger partial charge in [0.1, 0.15) is 0 Å². The number of hydrogen-bond acceptors (Lipinski definition) is 4. The average Bonchev–Trinajstić information content (AvgIpc) is 2.50. The third-order valence-electron chi connectivity index (χ3n) is 4.90. The molecule has 0 saturated heterocycles. The Kier molecular flexibility index (Phi) is 5.12. The summed E-state index contributed by atoms with van der Waals surface area (Å²) >= 11 is 0. The molecular weight excluding hydrogens is 292 g/mol. The molecule has 0 bridgehead atoms.